The van der Waals surface area contributed by atoms with E-state index in [9.17, 15) is 43.2 Å². The monoisotopic (exact) mass is 1480 g/mol. The average Bonchev–Trinajstić information content (AvgIpc) is 0.961. The predicted molar refractivity (Wildman–Crippen MR) is 414 cm³/mol. The van der Waals surface area contributed by atoms with Crippen molar-refractivity contribution in [2.24, 2.45) is 0 Å². The number of rotatable bonds is 83. The van der Waals surface area contributed by atoms with E-state index >= 15 is 0 Å². The molecule has 0 spiro atoms. The van der Waals surface area contributed by atoms with Crippen molar-refractivity contribution in [1.29, 1.82) is 0 Å². The molecule has 0 saturated heterocycles. The molecule has 0 radical (unpaired) electrons. The van der Waals surface area contributed by atoms with E-state index in [4.69, 9.17) is 37.0 Å². The van der Waals surface area contributed by atoms with E-state index in [1.54, 1.807) is 0 Å². The molecule has 19 heteroatoms. The second kappa shape index (κ2) is 76.3. The van der Waals surface area contributed by atoms with Crippen LogP contribution in [0.3, 0.4) is 0 Å². The topological polar surface area (TPSA) is 237 Å². The van der Waals surface area contributed by atoms with Gasteiger partial charge >= 0.3 is 39.5 Å². The Morgan fingerprint density at radius 1 is 0.238 bits per heavy atom. The quantitative estimate of drug-likeness (QED) is 0.0222. The number of aliphatic hydroxyl groups is 1. The maximum Gasteiger partial charge on any atom is 0.472 e. The molecule has 0 aromatic heterocycles. The molecule has 0 aliphatic heterocycles. The summed E-state index contributed by atoms with van der Waals surface area (Å²) in [5.74, 6) is -2.10. The van der Waals surface area contributed by atoms with Gasteiger partial charge in [-0.2, -0.15) is 0 Å². The van der Waals surface area contributed by atoms with Crippen molar-refractivity contribution in [3.63, 3.8) is 0 Å². The Labute approximate surface area is 619 Å². The fourth-order valence-corrected chi connectivity index (χ4v) is 14.4. The fourth-order valence-electron chi connectivity index (χ4n) is 12.8. The molecule has 17 nitrogen and oxygen atoms in total. The van der Waals surface area contributed by atoms with E-state index in [-0.39, 0.29) is 25.7 Å². The zero-order valence-corrected chi connectivity index (χ0v) is 67.7. The van der Waals surface area contributed by atoms with Gasteiger partial charge in [0.25, 0.3) is 0 Å². The maximum absolute atomic E-state index is 13.1. The van der Waals surface area contributed by atoms with Crippen molar-refractivity contribution >= 4 is 39.5 Å². The number of carbonyl (C=O) groups excluding carboxylic acids is 4. The number of phosphoric ester groups is 2. The van der Waals surface area contributed by atoms with Crippen LogP contribution in [-0.2, 0) is 65.4 Å². The van der Waals surface area contributed by atoms with Crippen molar-refractivity contribution < 1.29 is 80.2 Å². The number of ether oxygens (including phenoxy) is 4. The molecule has 2 unspecified atom stereocenters. The zero-order chi connectivity index (χ0) is 73.9. The van der Waals surface area contributed by atoms with Gasteiger partial charge in [0.15, 0.2) is 12.2 Å². The number of esters is 4. The molecule has 0 rings (SSSR count). The van der Waals surface area contributed by atoms with E-state index < -0.39 is 97.5 Å². The Hall–Kier alpha value is -1.94. The second-order valence-electron chi connectivity index (χ2n) is 29.5. The summed E-state index contributed by atoms with van der Waals surface area (Å²) in [5, 5.41) is 10.7. The number of hydrogen-bond donors (Lipinski definition) is 3. The lowest BCUT2D eigenvalue weighted by Crippen LogP contribution is -2.30. The van der Waals surface area contributed by atoms with Crippen LogP contribution in [0.1, 0.15) is 445 Å². The summed E-state index contributed by atoms with van der Waals surface area (Å²) in [6.45, 7) is 5.05. The standard InChI is InChI=1S/C82H160O17P2/c1-5-9-13-17-21-25-29-33-36-38-40-44-47-51-55-59-63-67-80(85)93-73-78(99-82(87)69-65-61-57-53-49-45-41-39-37-34-30-26-22-18-14-10-6-2)75-97-101(90,91)95-71-76(83)70-94-100(88,89)96-74-77(72-92-79(84)66-62-58-54-50-46-42-32-28-24-20-16-12-8-4)98-81(86)68-64-60-56-52-48-43-35-31-27-23-19-15-11-7-3/h76-78,83H,5-75H2,1-4H3,(H,88,89)(H,90,91)/t76-,77+,78+/m0/s1. The van der Waals surface area contributed by atoms with Crippen molar-refractivity contribution in [3.8, 4) is 0 Å². The summed E-state index contributed by atoms with van der Waals surface area (Å²) in [7, 11) is -9.92. The van der Waals surface area contributed by atoms with Gasteiger partial charge in [-0.05, 0) is 25.7 Å². The largest absolute Gasteiger partial charge is 0.472 e. The molecule has 0 aliphatic rings. The number of aliphatic hydroxyl groups excluding tert-OH is 1. The molecule has 0 aromatic rings. The molecule has 0 saturated carbocycles. The number of unbranched alkanes of at least 4 members (excludes halogenated alkanes) is 57. The first-order chi connectivity index (χ1) is 49.2. The smallest absolute Gasteiger partial charge is 0.462 e. The highest BCUT2D eigenvalue weighted by Gasteiger charge is 2.30. The van der Waals surface area contributed by atoms with Gasteiger partial charge in [-0.15, -0.1) is 0 Å². The van der Waals surface area contributed by atoms with Gasteiger partial charge in [0.2, 0.25) is 0 Å². The molecule has 0 amide bonds. The lowest BCUT2D eigenvalue weighted by Gasteiger charge is -2.21. The van der Waals surface area contributed by atoms with Crippen LogP contribution < -0.4 is 0 Å². The Kier molecular flexibility index (Phi) is 74.8. The molecule has 0 fully saturated rings. The first-order valence-electron chi connectivity index (χ1n) is 42.8. The third kappa shape index (κ3) is 76.1. The lowest BCUT2D eigenvalue weighted by atomic mass is 10.0. The van der Waals surface area contributed by atoms with Crippen LogP contribution >= 0.6 is 15.6 Å². The van der Waals surface area contributed by atoms with E-state index in [2.05, 4.69) is 27.7 Å². The minimum absolute atomic E-state index is 0.109. The van der Waals surface area contributed by atoms with Gasteiger partial charge in [-0.25, -0.2) is 9.13 Å². The molecule has 0 bridgehead atoms. The van der Waals surface area contributed by atoms with Crippen molar-refractivity contribution in [3.05, 3.63) is 0 Å². The van der Waals surface area contributed by atoms with E-state index in [0.29, 0.717) is 25.7 Å². The second-order valence-corrected chi connectivity index (χ2v) is 32.4. The van der Waals surface area contributed by atoms with Gasteiger partial charge in [0, 0.05) is 25.7 Å². The first-order valence-corrected chi connectivity index (χ1v) is 45.8. The summed E-state index contributed by atoms with van der Waals surface area (Å²) >= 11 is 0. The average molecular weight is 1480 g/mol. The number of carbonyl (C=O) groups is 4. The normalized spacial score (nSPS) is 13.8. The third-order valence-electron chi connectivity index (χ3n) is 19.4. The predicted octanol–water partition coefficient (Wildman–Crippen LogP) is 25.0. The minimum Gasteiger partial charge on any atom is -0.462 e. The van der Waals surface area contributed by atoms with Crippen LogP contribution in [0.15, 0.2) is 0 Å². The van der Waals surface area contributed by atoms with Crippen molar-refractivity contribution in [1.82, 2.24) is 0 Å². The number of phosphoric acid groups is 2. The highest BCUT2D eigenvalue weighted by molar-refractivity contribution is 7.47. The molecule has 101 heavy (non-hydrogen) atoms. The van der Waals surface area contributed by atoms with Crippen LogP contribution in [0.25, 0.3) is 0 Å². The lowest BCUT2D eigenvalue weighted by molar-refractivity contribution is -0.161. The van der Waals surface area contributed by atoms with Gasteiger partial charge in [0.05, 0.1) is 26.4 Å². The maximum atomic E-state index is 13.1. The molecular formula is C82H160O17P2. The Morgan fingerprint density at radius 2 is 0.396 bits per heavy atom. The van der Waals surface area contributed by atoms with Gasteiger partial charge in [-0.3, -0.25) is 37.3 Å². The SMILES string of the molecule is CCCCCCCCCCCCCCCCCCCC(=O)OC[C@H](COP(=O)(O)OC[C@@H](O)COP(=O)(O)OC[C@@H](COC(=O)CCCCCCCCCCCCCCC)OC(=O)CCCCCCCCCCCCCCCC)OC(=O)CCCCCCCCCCCCCCCCCCC. The minimum atomic E-state index is -4.96. The van der Waals surface area contributed by atoms with E-state index in [0.717, 1.165) is 89.9 Å². The zero-order valence-electron chi connectivity index (χ0n) is 65.9. The van der Waals surface area contributed by atoms with Crippen molar-refractivity contribution in [2.75, 3.05) is 39.6 Å². The third-order valence-corrected chi connectivity index (χ3v) is 21.3. The summed E-state index contributed by atoms with van der Waals surface area (Å²) in [6, 6.07) is 0. The highest BCUT2D eigenvalue weighted by atomic mass is 31.2. The van der Waals surface area contributed by atoms with Gasteiger partial charge in [-0.1, -0.05) is 394 Å². The number of hydrogen-bond acceptors (Lipinski definition) is 15. The Balaban J connectivity index is 5.26. The molecule has 5 atom stereocenters. The van der Waals surface area contributed by atoms with E-state index in [1.165, 1.54) is 276 Å². The molecular weight excluding hydrogens is 1320 g/mol. The summed E-state index contributed by atoms with van der Waals surface area (Å²) in [4.78, 5) is 73.1. The van der Waals surface area contributed by atoms with Crippen LogP contribution in [0, 0.1) is 0 Å². The summed E-state index contributed by atoms with van der Waals surface area (Å²) < 4.78 is 68.8. The summed E-state index contributed by atoms with van der Waals surface area (Å²) in [6.07, 6.45) is 69.2. The molecule has 0 aromatic carbocycles. The molecule has 3 N–H and O–H groups in total. The van der Waals surface area contributed by atoms with Gasteiger partial charge in [0.1, 0.15) is 19.3 Å². The first kappa shape index (κ1) is 99.1. The van der Waals surface area contributed by atoms with Crippen LogP contribution in [0.4, 0.5) is 0 Å². The van der Waals surface area contributed by atoms with Crippen LogP contribution in [0.5, 0.6) is 0 Å². The van der Waals surface area contributed by atoms with Crippen LogP contribution in [-0.4, -0.2) is 96.7 Å². The van der Waals surface area contributed by atoms with Crippen LogP contribution in [0.2, 0.25) is 0 Å². The highest BCUT2D eigenvalue weighted by Crippen LogP contribution is 2.45. The Morgan fingerprint density at radius 3 is 0.584 bits per heavy atom. The van der Waals surface area contributed by atoms with Gasteiger partial charge < -0.3 is 33.8 Å². The van der Waals surface area contributed by atoms with E-state index in [1.807, 2.05) is 0 Å². The van der Waals surface area contributed by atoms with Crippen molar-refractivity contribution in [2.45, 2.75) is 463 Å². The molecule has 600 valence electrons. The summed E-state index contributed by atoms with van der Waals surface area (Å²) in [5.41, 5.74) is 0. The molecule has 0 heterocycles. The fraction of sp³-hybridized carbons (Fsp3) is 0.951. The molecule has 0 aliphatic carbocycles. The Bertz CT molecular complexity index is 1910.